The van der Waals surface area contributed by atoms with Crippen LogP contribution in [0.25, 0.3) is 17.2 Å². The van der Waals surface area contributed by atoms with E-state index in [1.807, 2.05) is 26.8 Å². The lowest BCUT2D eigenvalue weighted by molar-refractivity contribution is -0.123. The van der Waals surface area contributed by atoms with Crippen molar-refractivity contribution in [2.45, 2.75) is 32.9 Å². The molecule has 1 amide bonds. The Labute approximate surface area is 176 Å². The van der Waals surface area contributed by atoms with Crippen molar-refractivity contribution < 1.29 is 9.53 Å². The highest BCUT2D eigenvalue weighted by Crippen LogP contribution is 2.22. The third-order valence-electron chi connectivity index (χ3n) is 3.94. The van der Waals surface area contributed by atoms with Crippen molar-refractivity contribution in [2.75, 3.05) is 7.11 Å². The number of hydrogen-bond donors (Lipinski definition) is 1. The summed E-state index contributed by atoms with van der Waals surface area (Å²) in [4.78, 5) is 29.9. The maximum atomic E-state index is 13.1. The van der Waals surface area contributed by atoms with E-state index in [-0.39, 0.29) is 12.5 Å². The molecule has 2 aromatic heterocycles. The van der Waals surface area contributed by atoms with E-state index in [1.54, 1.807) is 43.6 Å². The van der Waals surface area contributed by atoms with E-state index in [2.05, 4.69) is 31.3 Å². The van der Waals surface area contributed by atoms with Crippen molar-refractivity contribution in [2.24, 2.45) is 0 Å². The van der Waals surface area contributed by atoms with E-state index < -0.39 is 11.2 Å². The molecule has 29 heavy (non-hydrogen) atoms. The quantitative estimate of drug-likeness (QED) is 0.633. The van der Waals surface area contributed by atoms with Gasteiger partial charge in [0.2, 0.25) is 5.91 Å². The molecule has 0 saturated heterocycles. The van der Waals surface area contributed by atoms with Gasteiger partial charge in [0.15, 0.2) is 11.6 Å². The number of carbonyl (C=O) groups excluding carboxylic acids is 1. The predicted octanol–water partition coefficient (Wildman–Crippen LogP) is 2.78. The van der Waals surface area contributed by atoms with E-state index in [0.29, 0.717) is 23.0 Å². The van der Waals surface area contributed by atoms with Gasteiger partial charge in [-0.2, -0.15) is 4.68 Å². The van der Waals surface area contributed by atoms with E-state index in [9.17, 15) is 9.59 Å². The van der Waals surface area contributed by atoms with Crippen LogP contribution in [-0.4, -0.2) is 37.9 Å². The summed E-state index contributed by atoms with van der Waals surface area (Å²) < 4.78 is 8.58. The number of aromatic nitrogens is 4. The largest absolute Gasteiger partial charge is 0.497 e. The number of benzene rings is 1. The highest BCUT2D eigenvalue weighted by molar-refractivity contribution is 9.10. The maximum Gasteiger partial charge on any atom is 0.352 e. The van der Waals surface area contributed by atoms with Crippen LogP contribution in [-0.2, 0) is 11.3 Å². The molecule has 9 heteroatoms. The first kappa shape index (κ1) is 20.8. The molecule has 0 saturated carbocycles. The van der Waals surface area contributed by atoms with Crippen LogP contribution in [0.5, 0.6) is 5.75 Å². The van der Waals surface area contributed by atoms with Crippen LogP contribution in [0.3, 0.4) is 0 Å². The highest BCUT2D eigenvalue weighted by Gasteiger charge is 2.21. The minimum atomic E-state index is -0.457. The number of methoxy groups -OCH3 is 1. The topological polar surface area (TPSA) is 91.0 Å². The molecule has 0 aliphatic rings. The number of carbonyl (C=O) groups is 1. The molecule has 1 N–H and O–H groups in total. The Morgan fingerprint density at radius 3 is 2.62 bits per heavy atom. The first-order valence-electron chi connectivity index (χ1n) is 8.95. The first-order chi connectivity index (χ1) is 13.7. The lowest BCUT2D eigenvalue weighted by Crippen LogP contribution is -2.43. The van der Waals surface area contributed by atoms with E-state index in [0.717, 1.165) is 4.47 Å². The summed E-state index contributed by atoms with van der Waals surface area (Å²) in [5.74, 6) is 1.05. The number of hydrogen-bond acceptors (Lipinski definition) is 5. The van der Waals surface area contributed by atoms with Gasteiger partial charge in [0, 0.05) is 21.8 Å². The third kappa shape index (κ3) is 4.92. The Morgan fingerprint density at radius 1 is 1.24 bits per heavy atom. The monoisotopic (exact) mass is 459 g/mol. The Kier molecular flexibility index (Phi) is 5.88. The smallest absolute Gasteiger partial charge is 0.352 e. The molecule has 3 aromatic rings. The standard InChI is InChI=1S/C20H22BrN5O3/c1-20(2,3)23-17(27)12-25-18(13-6-5-7-15(10-13)29-4)24-26(19(25)28)16-9-8-14(21)11-22-16/h5-11H,12H2,1-4H3,(H,23,27). The summed E-state index contributed by atoms with van der Waals surface area (Å²) in [6, 6.07) is 10.6. The molecule has 0 aliphatic heterocycles. The number of rotatable bonds is 5. The van der Waals surface area contributed by atoms with Gasteiger partial charge in [-0.1, -0.05) is 12.1 Å². The molecular weight excluding hydrogens is 438 g/mol. The van der Waals surface area contributed by atoms with Crippen LogP contribution in [0.1, 0.15) is 20.8 Å². The summed E-state index contributed by atoms with van der Waals surface area (Å²) in [5, 5.41) is 7.33. The second-order valence-corrected chi connectivity index (χ2v) is 8.38. The first-order valence-corrected chi connectivity index (χ1v) is 9.74. The van der Waals surface area contributed by atoms with Crippen molar-refractivity contribution in [3.63, 3.8) is 0 Å². The average molecular weight is 460 g/mol. The lowest BCUT2D eigenvalue weighted by Gasteiger charge is -2.20. The molecule has 8 nitrogen and oxygen atoms in total. The van der Waals surface area contributed by atoms with Crippen molar-refractivity contribution >= 4 is 21.8 Å². The molecule has 0 fully saturated rings. The van der Waals surface area contributed by atoms with E-state index in [4.69, 9.17) is 4.74 Å². The molecule has 0 radical (unpaired) electrons. The fourth-order valence-electron chi connectivity index (χ4n) is 2.76. The molecule has 0 aliphatic carbocycles. The van der Waals surface area contributed by atoms with Gasteiger partial charge in [-0.3, -0.25) is 9.36 Å². The van der Waals surface area contributed by atoms with Crippen LogP contribution in [0.15, 0.2) is 51.9 Å². The van der Waals surface area contributed by atoms with Crippen LogP contribution < -0.4 is 15.7 Å². The fourth-order valence-corrected chi connectivity index (χ4v) is 2.99. The van der Waals surface area contributed by atoms with Gasteiger partial charge in [-0.05, 0) is 61.0 Å². The van der Waals surface area contributed by atoms with Gasteiger partial charge in [0.1, 0.15) is 12.3 Å². The zero-order chi connectivity index (χ0) is 21.2. The number of halogens is 1. The molecule has 152 valence electrons. The Bertz CT molecular complexity index is 1080. The molecule has 0 spiro atoms. The molecule has 0 unspecified atom stereocenters. The lowest BCUT2D eigenvalue weighted by atomic mass is 10.1. The Balaban J connectivity index is 2.11. The predicted molar refractivity (Wildman–Crippen MR) is 113 cm³/mol. The molecule has 2 heterocycles. The van der Waals surface area contributed by atoms with Crippen LogP contribution in [0.4, 0.5) is 0 Å². The zero-order valence-corrected chi connectivity index (χ0v) is 18.2. The van der Waals surface area contributed by atoms with Crippen LogP contribution in [0, 0.1) is 0 Å². The summed E-state index contributed by atoms with van der Waals surface area (Å²) in [5.41, 5.74) is -0.220. The second kappa shape index (κ2) is 8.20. The van der Waals surface area contributed by atoms with Crippen molar-refractivity contribution in [1.29, 1.82) is 0 Å². The third-order valence-corrected chi connectivity index (χ3v) is 4.40. The second-order valence-electron chi connectivity index (χ2n) is 7.47. The number of amides is 1. The average Bonchev–Trinajstić information content (AvgIpc) is 2.97. The van der Waals surface area contributed by atoms with Gasteiger partial charge in [0.25, 0.3) is 0 Å². The van der Waals surface area contributed by atoms with Gasteiger partial charge >= 0.3 is 5.69 Å². The SMILES string of the molecule is COc1cccc(-c2nn(-c3ccc(Br)cn3)c(=O)n2CC(=O)NC(C)(C)C)c1. The number of nitrogens with zero attached hydrogens (tertiary/aromatic N) is 4. The number of nitrogens with one attached hydrogen (secondary N) is 1. The van der Waals surface area contributed by atoms with Gasteiger partial charge < -0.3 is 10.1 Å². The van der Waals surface area contributed by atoms with E-state index in [1.165, 1.54) is 9.25 Å². The van der Waals surface area contributed by atoms with Crippen molar-refractivity contribution in [3.05, 3.63) is 57.6 Å². The number of pyridine rings is 1. The van der Waals surface area contributed by atoms with Crippen LogP contribution in [0.2, 0.25) is 0 Å². The van der Waals surface area contributed by atoms with E-state index >= 15 is 0 Å². The molecule has 0 atom stereocenters. The van der Waals surface area contributed by atoms with Gasteiger partial charge in [0.05, 0.1) is 7.11 Å². The fraction of sp³-hybridized carbons (Fsp3) is 0.300. The van der Waals surface area contributed by atoms with Crippen molar-refractivity contribution in [3.8, 4) is 23.0 Å². The van der Waals surface area contributed by atoms with Gasteiger partial charge in [-0.25, -0.2) is 9.78 Å². The summed E-state index contributed by atoms with van der Waals surface area (Å²) in [6.07, 6.45) is 1.58. The Morgan fingerprint density at radius 2 is 2.00 bits per heavy atom. The Hall–Kier alpha value is -2.94. The highest BCUT2D eigenvalue weighted by atomic mass is 79.9. The minimum absolute atomic E-state index is 0.167. The molecule has 0 bridgehead atoms. The zero-order valence-electron chi connectivity index (χ0n) is 16.6. The summed E-state index contributed by atoms with van der Waals surface area (Å²) in [6.45, 7) is 5.47. The summed E-state index contributed by atoms with van der Waals surface area (Å²) in [7, 11) is 1.56. The van der Waals surface area contributed by atoms with Gasteiger partial charge in [-0.15, -0.1) is 5.10 Å². The maximum absolute atomic E-state index is 13.1. The summed E-state index contributed by atoms with van der Waals surface area (Å²) >= 11 is 3.33. The molecular formula is C20H22BrN5O3. The number of ether oxygens (including phenoxy) is 1. The van der Waals surface area contributed by atoms with Crippen LogP contribution >= 0.6 is 15.9 Å². The van der Waals surface area contributed by atoms with Crippen molar-refractivity contribution in [1.82, 2.24) is 24.6 Å². The minimum Gasteiger partial charge on any atom is -0.497 e. The molecule has 1 aromatic carbocycles. The molecule has 3 rings (SSSR count). The normalized spacial score (nSPS) is 11.3.